The van der Waals surface area contributed by atoms with Crippen LogP contribution in [-0.2, 0) is 18.3 Å². The molecule has 0 bridgehead atoms. The van der Waals surface area contributed by atoms with Crippen molar-refractivity contribution in [2.45, 2.75) is 43.9 Å². The van der Waals surface area contributed by atoms with E-state index in [0.29, 0.717) is 6.54 Å². The number of aryl methyl sites for hydroxylation is 1. The number of hydrogen-bond acceptors (Lipinski definition) is 5. The Balaban J connectivity index is 1.41. The molecule has 1 aromatic carbocycles. The van der Waals surface area contributed by atoms with Crippen LogP contribution in [0.5, 0.6) is 0 Å². The third-order valence-electron chi connectivity index (χ3n) is 6.93. The Morgan fingerprint density at radius 1 is 1.21 bits per heavy atom. The van der Waals surface area contributed by atoms with Gasteiger partial charge in [-0.2, -0.15) is 0 Å². The average Bonchev–Trinajstić information content (AvgIpc) is 3.03. The van der Waals surface area contributed by atoms with E-state index in [4.69, 9.17) is 16.6 Å². The highest BCUT2D eigenvalue weighted by atomic mass is 35.5. The number of anilines is 2. The summed E-state index contributed by atoms with van der Waals surface area (Å²) in [7, 11) is 0. The number of aliphatic hydroxyl groups is 1. The molecule has 1 saturated heterocycles. The summed E-state index contributed by atoms with van der Waals surface area (Å²) in [5, 5.41) is 10.3. The quantitative estimate of drug-likeness (QED) is 0.807. The van der Waals surface area contributed by atoms with Gasteiger partial charge in [-0.1, -0.05) is 17.7 Å². The zero-order chi connectivity index (χ0) is 20.0. The van der Waals surface area contributed by atoms with E-state index in [2.05, 4.69) is 20.9 Å². The van der Waals surface area contributed by atoms with Gasteiger partial charge in [0, 0.05) is 53.4 Å². The molecule has 29 heavy (non-hydrogen) atoms. The van der Waals surface area contributed by atoms with Gasteiger partial charge in [-0.3, -0.25) is 9.78 Å². The van der Waals surface area contributed by atoms with Crippen molar-refractivity contribution in [2.24, 2.45) is 0 Å². The van der Waals surface area contributed by atoms with Crippen molar-refractivity contribution in [3.63, 3.8) is 0 Å². The normalized spacial score (nSPS) is 20.1. The summed E-state index contributed by atoms with van der Waals surface area (Å²) in [6, 6.07) is 6.07. The molecule has 3 heterocycles. The Morgan fingerprint density at radius 3 is 2.79 bits per heavy atom. The Morgan fingerprint density at radius 2 is 2.00 bits per heavy atom. The van der Waals surface area contributed by atoms with Gasteiger partial charge in [-0.25, -0.2) is 4.98 Å². The fraction of sp³-hybridized carbons (Fsp3) is 0.545. The zero-order valence-corrected chi connectivity index (χ0v) is 17.3. The van der Waals surface area contributed by atoms with Gasteiger partial charge in [0.15, 0.2) is 0 Å². The standard InChI is InChI=1S/C22H27ClN4O2/c23-16-5-3-7-18-19(16)22(14-27(18)12-13-28)8-10-26(11-9-22)21-24-17-6-2-1-4-15(17)20(29)25-21/h3,5,7,28H,1-2,4,6,8-14H2,(H,24,25,29). The number of benzene rings is 1. The van der Waals surface area contributed by atoms with Crippen molar-refractivity contribution >= 4 is 23.2 Å². The van der Waals surface area contributed by atoms with Crippen molar-refractivity contribution in [3.8, 4) is 0 Å². The lowest BCUT2D eigenvalue weighted by molar-refractivity contribution is 0.294. The fourth-order valence-corrected chi connectivity index (χ4v) is 5.82. The number of fused-ring (bicyclic) bond motifs is 3. The molecule has 0 unspecified atom stereocenters. The molecule has 0 amide bonds. The van der Waals surface area contributed by atoms with E-state index < -0.39 is 0 Å². The number of aliphatic hydroxyl groups excluding tert-OH is 1. The predicted octanol–water partition coefficient (Wildman–Crippen LogP) is 2.65. The molecule has 3 aliphatic rings. The molecule has 0 radical (unpaired) electrons. The van der Waals surface area contributed by atoms with E-state index in [0.717, 1.165) is 86.1 Å². The average molecular weight is 415 g/mol. The molecular weight excluding hydrogens is 388 g/mol. The van der Waals surface area contributed by atoms with E-state index >= 15 is 0 Å². The highest BCUT2D eigenvalue weighted by molar-refractivity contribution is 6.32. The number of nitrogens with zero attached hydrogens (tertiary/aromatic N) is 3. The highest BCUT2D eigenvalue weighted by Crippen LogP contribution is 2.50. The first-order chi connectivity index (χ1) is 14.1. The van der Waals surface area contributed by atoms with Gasteiger partial charge in [0.25, 0.3) is 5.56 Å². The molecule has 1 aromatic heterocycles. The lowest BCUT2D eigenvalue weighted by Gasteiger charge is -2.40. The summed E-state index contributed by atoms with van der Waals surface area (Å²) < 4.78 is 0. The van der Waals surface area contributed by atoms with E-state index in [1.807, 2.05) is 12.1 Å². The predicted molar refractivity (Wildman–Crippen MR) is 115 cm³/mol. The Hall–Kier alpha value is -2.05. The minimum atomic E-state index is -0.00610. The first-order valence-corrected chi connectivity index (χ1v) is 11.0. The molecule has 1 fully saturated rings. The SMILES string of the molecule is O=c1[nH]c(N2CCC3(CC2)CN(CCO)c2cccc(Cl)c23)nc2c1CCCC2. The summed E-state index contributed by atoms with van der Waals surface area (Å²) in [5.74, 6) is 0.718. The number of hydrogen-bond donors (Lipinski definition) is 2. The van der Waals surface area contributed by atoms with Gasteiger partial charge < -0.3 is 14.9 Å². The maximum atomic E-state index is 12.5. The number of rotatable bonds is 3. The van der Waals surface area contributed by atoms with Crippen LogP contribution in [0.1, 0.15) is 42.5 Å². The first-order valence-electron chi connectivity index (χ1n) is 10.6. The van der Waals surface area contributed by atoms with Crippen LogP contribution in [0.25, 0.3) is 0 Å². The third kappa shape index (κ3) is 3.13. The van der Waals surface area contributed by atoms with Crippen LogP contribution in [0, 0.1) is 0 Å². The van der Waals surface area contributed by atoms with Gasteiger partial charge in [-0.15, -0.1) is 0 Å². The maximum absolute atomic E-state index is 12.5. The third-order valence-corrected chi connectivity index (χ3v) is 7.24. The Bertz CT molecular complexity index is 981. The zero-order valence-electron chi connectivity index (χ0n) is 16.6. The number of aromatic nitrogens is 2. The van der Waals surface area contributed by atoms with Crippen LogP contribution < -0.4 is 15.4 Å². The molecule has 2 aliphatic heterocycles. The Labute approximate surface area is 175 Å². The summed E-state index contributed by atoms with van der Waals surface area (Å²) in [6.45, 7) is 3.31. The van der Waals surface area contributed by atoms with Crippen molar-refractivity contribution in [1.29, 1.82) is 0 Å². The molecule has 5 rings (SSSR count). The smallest absolute Gasteiger partial charge is 0.255 e. The van der Waals surface area contributed by atoms with Crippen molar-refractivity contribution in [1.82, 2.24) is 9.97 Å². The number of H-pyrrole nitrogens is 1. The molecule has 2 N–H and O–H groups in total. The molecule has 1 spiro atoms. The lowest BCUT2D eigenvalue weighted by Crippen LogP contribution is -2.46. The number of piperidine rings is 1. The fourth-order valence-electron chi connectivity index (χ4n) is 5.45. The van der Waals surface area contributed by atoms with Crippen LogP contribution in [0.2, 0.25) is 5.02 Å². The molecule has 1 aliphatic carbocycles. The van der Waals surface area contributed by atoms with Crippen molar-refractivity contribution < 1.29 is 5.11 Å². The summed E-state index contributed by atoms with van der Waals surface area (Å²) in [4.78, 5) is 24.9. The highest BCUT2D eigenvalue weighted by Gasteiger charge is 2.46. The van der Waals surface area contributed by atoms with Gasteiger partial charge in [0.2, 0.25) is 5.95 Å². The van der Waals surface area contributed by atoms with Gasteiger partial charge in [0.1, 0.15) is 0 Å². The van der Waals surface area contributed by atoms with Crippen molar-refractivity contribution in [3.05, 3.63) is 50.4 Å². The molecule has 2 aromatic rings. The van der Waals surface area contributed by atoms with Crippen LogP contribution >= 0.6 is 11.6 Å². The first kappa shape index (κ1) is 18.9. The van der Waals surface area contributed by atoms with Crippen molar-refractivity contribution in [2.75, 3.05) is 42.6 Å². The topological polar surface area (TPSA) is 72.5 Å². The van der Waals surface area contributed by atoms with Gasteiger partial charge in [-0.05, 0) is 50.7 Å². The van der Waals surface area contributed by atoms with Gasteiger partial charge in [0.05, 0.1) is 12.3 Å². The van der Waals surface area contributed by atoms with E-state index in [-0.39, 0.29) is 17.6 Å². The van der Waals surface area contributed by atoms with Gasteiger partial charge >= 0.3 is 0 Å². The van der Waals surface area contributed by atoms with Crippen LogP contribution in [-0.4, -0.2) is 47.9 Å². The molecule has 7 heteroatoms. The van der Waals surface area contributed by atoms with Crippen LogP contribution in [0.3, 0.4) is 0 Å². The molecule has 154 valence electrons. The maximum Gasteiger partial charge on any atom is 0.255 e. The Kier molecular flexibility index (Phi) is 4.79. The monoisotopic (exact) mass is 414 g/mol. The van der Waals surface area contributed by atoms with E-state index in [1.165, 1.54) is 5.56 Å². The number of halogens is 1. The molecule has 0 atom stereocenters. The lowest BCUT2D eigenvalue weighted by atomic mass is 9.74. The van der Waals surface area contributed by atoms with Crippen LogP contribution in [0.15, 0.2) is 23.0 Å². The second kappa shape index (κ2) is 7.33. The summed E-state index contributed by atoms with van der Waals surface area (Å²) in [5.41, 5.74) is 4.27. The number of β-amino-alcohol motifs (C(OH)–C–C–N with tert-alkyl or cyclic N) is 1. The molecule has 6 nitrogen and oxygen atoms in total. The molecular formula is C22H27ClN4O2. The number of aromatic amines is 1. The molecule has 0 saturated carbocycles. The summed E-state index contributed by atoms with van der Waals surface area (Å²) in [6.07, 6.45) is 5.84. The largest absolute Gasteiger partial charge is 0.395 e. The van der Waals surface area contributed by atoms with Crippen LogP contribution in [0.4, 0.5) is 11.6 Å². The second-order valence-corrected chi connectivity index (χ2v) is 8.98. The van der Waals surface area contributed by atoms with E-state index in [1.54, 1.807) is 0 Å². The summed E-state index contributed by atoms with van der Waals surface area (Å²) >= 11 is 6.65. The minimum absolute atomic E-state index is 0.00610. The van der Waals surface area contributed by atoms with E-state index in [9.17, 15) is 9.90 Å². The minimum Gasteiger partial charge on any atom is -0.395 e. The second-order valence-electron chi connectivity index (χ2n) is 8.57. The number of nitrogens with one attached hydrogen (secondary N) is 1.